The Bertz CT molecular complexity index is 285. The van der Waals surface area contributed by atoms with Gasteiger partial charge in [-0.25, -0.2) is 0 Å². The average molecular weight is 252 g/mol. The maximum atomic E-state index is 8.39. The second kappa shape index (κ2) is 6.51. The van der Waals surface area contributed by atoms with Gasteiger partial charge in [0.15, 0.2) is 0 Å². The van der Waals surface area contributed by atoms with Crippen LogP contribution in [0.4, 0.5) is 0 Å². The molecule has 1 saturated carbocycles. The SMILES string of the molecule is N#CC1CCOCC1.NC1(C2CCOCC2)CC1. The lowest BCUT2D eigenvalue weighted by Crippen LogP contribution is -2.36. The van der Waals surface area contributed by atoms with Gasteiger partial charge in [-0.15, -0.1) is 0 Å². The molecule has 0 amide bonds. The zero-order valence-corrected chi connectivity index (χ0v) is 11.1. The summed E-state index contributed by atoms with van der Waals surface area (Å²) in [6, 6.07) is 2.22. The Morgan fingerprint density at radius 1 is 0.944 bits per heavy atom. The Hall–Kier alpha value is -0.630. The van der Waals surface area contributed by atoms with Crippen LogP contribution in [0.3, 0.4) is 0 Å². The summed E-state index contributed by atoms with van der Waals surface area (Å²) in [5.74, 6) is 1.03. The van der Waals surface area contributed by atoms with Crippen LogP contribution in [0.25, 0.3) is 0 Å². The standard InChI is InChI=1S/C8H15NO.C6H9NO/c9-8(3-4-8)7-1-5-10-6-2-7;7-5-6-1-3-8-4-2-6/h7H,1-6,9H2;6H,1-4H2. The predicted octanol–water partition coefficient (Wildman–Crippen LogP) is 1.84. The molecule has 0 radical (unpaired) electrons. The molecule has 102 valence electrons. The smallest absolute Gasteiger partial charge is 0.0657 e. The summed E-state index contributed by atoms with van der Waals surface area (Å²) in [4.78, 5) is 0. The Kier molecular flexibility index (Phi) is 4.99. The first kappa shape index (κ1) is 13.8. The van der Waals surface area contributed by atoms with Crippen molar-refractivity contribution in [3.8, 4) is 6.07 Å². The van der Waals surface area contributed by atoms with Gasteiger partial charge in [-0.2, -0.15) is 5.26 Å². The quantitative estimate of drug-likeness (QED) is 0.773. The fourth-order valence-corrected chi connectivity index (χ4v) is 2.65. The summed E-state index contributed by atoms with van der Waals surface area (Å²) in [6.07, 6.45) is 6.73. The van der Waals surface area contributed by atoms with E-state index in [0.717, 1.165) is 45.2 Å². The lowest BCUT2D eigenvalue weighted by atomic mass is 9.90. The van der Waals surface area contributed by atoms with Crippen LogP contribution in [0.1, 0.15) is 38.5 Å². The molecule has 2 N–H and O–H groups in total. The summed E-state index contributed by atoms with van der Waals surface area (Å²) in [5, 5.41) is 8.39. The third-order valence-corrected chi connectivity index (χ3v) is 4.27. The average Bonchev–Trinajstić information content (AvgIpc) is 3.21. The fourth-order valence-electron chi connectivity index (χ4n) is 2.65. The molecule has 0 spiro atoms. The molecule has 3 fully saturated rings. The summed E-state index contributed by atoms with van der Waals surface area (Å²) in [7, 11) is 0. The molecule has 0 unspecified atom stereocenters. The first-order valence-corrected chi connectivity index (χ1v) is 7.08. The molecule has 0 atom stereocenters. The van der Waals surface area contributed by atoms with E-state index in [-0.39, 0.29) is 11.5 Å². The highest BCUT2D eigenvalue weighted by molar-refractivity contribution is 5.04. The molecule has 3 aliphatic rings. The van der Waals surface area contributed by atoms with Crippen LogP contribution in [0.2, 0.25) is 0 Å². The zero-order chi connectivity index (χ0) is 12.8. The van der Waals surface area contributed by atoms with Crippen LogP contribution < -0.4 is 5.73 Å². The van der Waals surface area contributed by atoms with Crippen molar-refractivity contribution in [2.24, 2.45) is 17.6 Å². The molecule has 2 heterocycles. The molecule has 3 rings (SSSR count). The minimum absolute atomic E-state index is 0.240. The molecule has 1 aliphatic carbocycles. The van der Waals surface area contributed by atoms with Crippen molar-refractivity contribution in [2.75, 3.05) is 26.4 Å². The maximum Gasteiger partial charge on any atom is 0.0657 e. The van der Waals surface area contributed by atoms with Gasteiger partial charge >= 0.3 is 0 Å². The first-order chi connectivity index (χ1) is 8.74. The highest BCUT2D eigenvalue weighted by Crippen LogP contribution is 2.43. The van der Waals surface area contributed by atoms with Gasteiger partial charge in [0.05, 0.1) is 12.0 Å². The van der Waals surface area contributed by atoms with Crippen molar-refractivity contribution in [2.45, 2.75) is 44.1 Å². The summed E-state index contributed by atoms with van der Waals surface area (Å²) in [5.41, 5.74) is 6.31. The van der Waals surface area contributed by atoms with Crippen LogP contribution in [0.5, 0.6) is 0 Å². The number of rotatable bonds is 1. The van der Waals surface area contributed by atoms with E-state index in [1.165, 1.54) is 25.7 Å². The van der Waals surface area contributed by atoms with E-state index in [2.05, 4.69) is 6.07 Å². The van der Waals surface area contributed by atoms with Gasteiger partial charge in [0, 0.05) is 32.0 Å². The fraction of sp³-hybridized carbons (Fsp3) is 0.929. The van der Waals surface area contributed by atoms with Crippen LogP contribution >= 0.6 is 0 Å². The van der Waals surface area contributed by atoms with Crippen LogP contribution in [-0.2, 0) is 9.47 Å². The van der Waals surface area contributed by atoms with Gasteiger partial charge in [-0.3, -0.25) is 0 Å². The largest absolute Gasteiger partial charge is 0.381 e. The van der Waals surface area contributed by atoms with E-state index in [1.54, 1.807) is 0 Å². The molecule has 0 bridgehead atoms. The summed E-state index contributed by atoms with van der Waals surface area (Å²) in [6.45, 7) is 3.42. The van der Waals surface area contributed by atoms with E-state index in [1.807, 2.05) is 0 Å². The minimum Gasteiger partial charge on any atom is -0.381 e. The van der Waals surface area contributed by atoms with E-state index in [0.29, 0.717) is 0 Å². The predicted molar refractivity (Wildman–Crippen MR) is 68.9 cm³/mol. The molecular weight excluding hydrogens is 228 g/mol. The molecule has 18 heavy (non-hydrogen) atoms. The number of hydrogen-bond acceptors (Lipinski definition) is 4. The Labute approximate surface area is 109 Å². The Balaban J connectivity index is 0.000000138. The van der Waals surface area contributed by atoms with Crippen molar-refractivity contribution in [1.82, 2.24) is 0 Å². The molecule has 4 heteroatoms. The zero-order valence-electron chi connectivity index (χ0n) is 11.1. The van der Waals surface area contributed by atoms with Crippen molar-refractivity contribution in [3.63, 3.8) is 0 Å². The van der Waals surface area contributed by atoms with Crippen molar-refractivity contribution >= 4 is 0 Å². The number of nitriles is 1. The van der Waals surface area contributed by atoms with Gasteiger partial charge in [-0.05, 0) is 44.4 Å². The minimum atomic E-state index is 0.240. The van der Waals surface area contributed by atoms with E-state index >= 15 is 0 Å². The molecule has 2 aliphatic heterocycles. The number of nitrogens with two attached hydrogens (primary N) is 1. The third-order valence-electron chi connectivity index (χ3n) is 4.27. The van der Waals surface area contributed by atoms with Crippen LogP contribution in [-0.4, -0.2) is 32.0 Å². The van der Waals surface area contributed by atoms with Gasteiger partial charge in [-0.1, -0.05) is 0 Å². The van der Waals surface area contributed by atoms with Gasteiger partial charge in [0.1, 0.15) is 0 Å². The Morgan fingerprint density at radius 3 is 1.83 bits per heavy atom. The van der Waals surface area contributed by atoms with Gasteiger partial charge in [0.25, 0.3) is 0 Å². The van der Waals surface area contributed by atoms with Gasteiger partial charge in [0.2, 0.25) is 0 Å². The molecule has 0 aromatic rings. The highest BCUT2D eigenvalue weighted by atomic mass is 16.5. The molecular formula is C14H24N2O2. The molecule has 4 nitrogen and oxygen atoms in total. The monoisotopic (exact) mass is 252 g/mol. The van der Waals surface area contributed by atoms with E-state index in [9.17, 15) is 0 Å². The van der Waals surface area contributed by atoms with Crippen LogP contribution in [0, 0.1) is 23.2 Å². The molecule has 2 saturated heterocycles. The van der Waals surface area contributed by atoms with Gasteiger partial charge < -0.3 is 15.2 Å². The van der Waals surface area contributed by atoms with Crippen molar-refractivity contribution in [3.05, 3.63) is 0 Å². The molecule has 0 aromatic heterocycles. The topological polar surface area (TPSA) is 68.3 Å². The third kappa shape index (κ3) is 3.94. The van der Waals surface area contributed by atoms with E-state index in [4.69, 9.17) is 20.5 Å². The Morgan fingerprint density at radius 2 is 1.44 bits per heavy atom. The normalized spacial score (nSPS) is 27.8. The van der Waals surface area contributed by atoms with Crippen molar-refractivity contribution < 1.29 is 9.47 Å². The van der Waals surface area contributed by atoms with Crippen molar-refractivity contribution in [1.29, 1.82) is 5.26 Å². The second-order valence-corrected chi connectivity index (χ2v) is 5.64. The number of nitrogens with zero attached hydrogens (tertiary/aromatic N) is 1. The maximum absolute atomic E-state index is 8.39. The number of ether oxygens (including phenoxy) is 2. The first-order valence-electron chi connectivity index (χ1n) is 7.08. The van der Waals surface area contributed by atoms with Crippen LogP contribution in [0.15, 0.2) is 0 Å². The number of hydrogen-bond donors (Lipinski definition) is 1. The summed E-state index contributed by atoms with van der Waals surface area (Å²) >= 11 is 0. The highest BCUT2D eigenvalue weighted by Gasteiger charge is 2.45. The molecule has 0 aromatic carbocycles. The second-order valence-electron chi connectivity index (χ2n) is 5.64. The lowest BCUT2D eigenvalue weighted by Gasteiger charge is -2.27. The summed E-state index contributed by atoms with van der Waals surface area (Å²) < 4.78 is 10.3. The van der Waals surface area contributed by atoms with E-state index < -0.39 is 0 Å². The lowest BCUT2D eigenvalue weighted by molar-refractivity contribution is 0.0552.